The van der Waals surface area contributed by atoms with Crippen molar-refractivity contribution < 1.29 is 0 Å². The second kappa shape index (κ2) is 0.878. The predicted molar refractivity (Wildman–Crippen MR) is 34.0 cm³/mol. The Morgan fingerprint density at radius 2 is 2.11 bits per heavy atom. The van der Waals surface area contributed by atoms with Crippen LogP contribution in [0.1, 0.15) is 12.8 Å². The lowest BCUT2D eigenvalue weighted by Crippen LogP contribution is -2.46. The molecule has 3 saturated heterocycles. The largest absolute Gasteiger partial charge is 0.296 e. The van der Waals surface area contributed by atoms with Crippen LogP contribution >= 0.6 is 0 Å². The van der Waals surface area contributed by atoms with Gasteiger partial charge in [0.2, 0.25) is 0 Å². The van der Waals surface area contributed by atoms with Crippen molar-refractivity contribution in [3.63, 3.8) is 0 Å². The van der Waals surface area contributed by atoms with E-state index in [-0.39, 0.29) is 0 Å². The van der Waals surface area contributed by atoms with Crippen LogP contribution in [0.4, 0.5) is 0 Å². The molecule has 2 aliphatic carbocycles. The van der Waals surface area contributed by atoms with Gasteiger partial charge in [-0.2, -0.15) is 0 Å². The van der Waals surface area contributed by atoms with Gasteiger partial charge in [-0.1, -0.05) is 0 Å². The Hall–Kier alpha value is -0.0400. The zero-order valence-electron chi connectivity index (χ0n) is 5.46. The van der Waals surface area contributed by atoms with E-state index < -0.39 is 0 Å². The fourth-order valence-electron chi connectivity index (χ4n) is 4.15. The Morgan fingerprint density at radius 3 is 2.56 bits per heavy atom. The van der Waals surface area contributed by atoms with Crippen molar-refractivity contribution in [2.24, 2.45) is 17.8 Å². The molecule has 48 valence electrons. The maximum Gasteiger partial charge on any atom is 0.0171 e. The predicted octanol–water partition coefficient (Wildman–Crippen LogP) is 0.709. The van der Waals surface area contributed by atoms with Crippen molar-refractivity contribution >= 4 is 0 Å². The second-order valence-corrected chi connectivity index (χ2v) is 4.31. The first kappa shape index (κ1) is 3.97. The number of piperidine rings is 1. The summed E-state index contributed by atoms with van der Waals surface area (Å²) in [6, 6.07) is 2.20. The summed E-state index contributed by atoms with van der Waals surface area (Å²) < 4.78 is 0. The van der Waals surface area contributed by atoms with E-state index in [1.165, 1.54) is 24.3 Å². The van der Waals surface area contributed by atoms with Gasteiger partial charge < -0.3 is 0 Å². The molecule has 3 heterocycles. The number of hydrogen-bond donors (Lipinski definition) is 0. The topological polar surface area (TPSA) is 3.24 Å². The van der Waals surface area contributed by atoms with Crippen LogP contribution in [0.5, 0.6) is 0 Å². The highest BCUT2D eigenvalue weighted by Crippen LogP contribution is 2.66. The van der Waals surface area contributed by atoms with Gasteiger partial charge in [0.15, 0.2) is 0 Å². The highest BCUT2D eigenvalue weighted by atomic mass is 15.3. The van der Waals surface area contributed by atoms with Crippen LogP contribution in [-0.4, -0.2) is 23.5 Å². The number of rotatable bonds is 0. The highest BCUT2D eigenvalue weighted by Gasteiger charge is 2.70. The fraction of sp³-hybridized carbons (Fsp3) is 1.00. The van der Waals surface area contributed by atoms with E-state index >= 15 is 0 Å². The highest BCUT2D eigenvalue weighted by molar-refractivity contribution is 5.23. The van der Waals surface area contributed by atoms with E-state index in [0.29, 0.717) is 0 Å². The third-order valence-electron chi connectivity index (χ3n) is 4.32. The number of hydrogen-bond acceptors (Lipinski definition) is 1. The van der Waals surface area contributed by atoms with Gasteiger partial charge in [0.25, 0.3) is 0 Å². The van der Waals surface area contributed by atoms with E-state index in [0.717, 1.165) is 12.1 Å². The molecular formula is C8H11N. The van der Waals surface area contributed by atoms with Gasteiger partial charge in [-0.25, -0.2) is 0 Å². The lowest BCUT2D eigenvalue weighted by molar-refractivity contribution is 0.108. The van der Waals surface area contributed by atoms with Crippen molar-refractivity contribution in [2.45, 2.75) is 24.9 Å². The van der Waals surface area contributed by atoms with Crippen LogP contribution in [0, 0.1) is 17.8 Å². The zero-order chi connectivity index (χ0) is 5.59. The van der Waals surface area contributed by atoms with Gasteiger partial charge in [-0.05, 0) is 30.6 Å². The van der Waals surface area contributed by atoms with Gasteiger partial charge in [0.1, 0.15) is 0 Å². The average molecular weight is 121 g/mol. The van der Waals surface area contributed by atoms with Crippen molar-refractivity contribution in [3.8, 4) is 0 Å². The Bertz CT molecular complexity index is 164. The average Bonchev–Trinajstić information content (AvgIpc) is 2.24. The lowest BCUT2D eigenvalue weighted by atomic mass is 9.87. The third kappa shape index (κ3) is 0.219. The summed E-state index contributed by atoms with van der Waals surface area (Å²) >= 11 is 0. The smallest absolute Gasteiger partial charge is 0.0171 e. The Labute approximate surface area is 55.0 Å². The molecule has 5 fully saturated rings. The second-order valence-electron chi connectivity index (χ2n) is 4.31. The van der Waals surface area contributed by atoms with Crippen LogP contribution in [0.3, 0.4) is 0 Å². The summed E-state index contributed by atoms with van der Waals surface area (Å²) in [5.41, 5.74) is 0. The summed E-state index contributed by atoms with van der Waals surface area (Å²) in [5, 5.41) is 0. The summed E-state index contributed by atoms with van der Waals surface area (Å²) in [5.74, 6) is 3.53. The molecule has 0 radical (unpaired) electrons. The fourth-order valence-corrected chi connectivity index (χ4v) is 4.15. The molecule has 0 N–H and O–H groups in total. The normalized spacial score (nSPS) is 80.0. The molecule has 6 bridgehead atoms. The molecule has 0 aromatic carbocycles. The van der Waals surface area contributed by atoms with Crippen LogP contribution in [-0.2, 0) is 0 Å². The van der Waals surface area contributed by atoms with E-state index in [9.17, 15) is 0 Å². The van der Waals surface area contributed by atoms with Gasteiger partial charge in [0.05, 0.1) is 0 Å². The Morgan fingerprint density at radius 1 is 1.11 bits per heavy atom. The minimum absolute atomic E-state index is 1.09. The molecule has 3 aliphatic heterocycles. The minimum atomic E-state index is 1.09. The van der Waals surface area contributed by atoms with Crippen LogP contribution in [0.25, 0.3) is 0 Å². The molecule has 0 spiro atoms. The van der Waals surface area contributed by atoms with Gasteiger partial charge >= 0.3 is 0 Å². The summed E-state index contributed by atoms with van der Waals surface area (Å²) in [4.78, 5) is 2.77. The quantitative estimate of drug-likeness (QED) is 0.456. The zero-order valence-corrected chi connectivity index (χ0v) is 5.46. The van der Waals surface area contributed by atoms with E-state index in [1.54, 1.807) is 12.8 Å². The van der Waals surface area contributed by atoms with Crippen LogP contribution in [0.15, 0.2) is 0 Å². The minimum Gasteiger partial charge on any atom is -0.296 e. The molecule has 0 aromatic rings. The van der Waals surface area contributed by atoms with Gasteiger partial charge in [0, 0.05) is 18.6 Å². The molecule has 1 heteroatoms. The standard InChI is InChI=1S/C8H11N/c1-4-2-7-5(1)6-3-9(7)8(4)6/h4-8H,1-3H2/t4-,5-,6+,7-,8+/m0/s1. The first-order valence-electron chi connectivity index (χ1n) is 4.21. The molecule has 0 aromatic heterocycles. The van der Waals surface area contributed by atoms with E-state index in [1.807, 2.05) is 0 Å². The lowest BCUT2D eigenvalue weighted by Gasteiger charge is -2.36. The molecule has 5 rings (SSSR count). The van der Waals surface area contributed by atoms with Gasteiger partial charge in [-0.15, -0.1) is 0 Å². The summed E-state index contributed by atoms with van der Waals surface area (Å²) in [7, 11) is 0. The van der Waals surface area contributed by atoms with Crippen LogP contribution < -0.4 is 0 Å². The first-order chi connectivity index (χ1) is 4.45. The Balaban J connectivity index is 2.04. The van der Waals surface area contributed by atoms with Gasteiger partial charge in [-0.3, -0.25) is 4.90 Å². The molecule has 5 aliphatic rings. The summed E-state index contributed by atoms with van der Waals surface area (Å²) in [6.45, 7) is 1.48. The molecule has 0 amide bonds. The SMILES string of the molecule is C1[C@H]2C[C@H]3[C@@H]1[C@H]1CN3[C@H]21. The maximum atomic E-state index is 2.77. The number of nitrogens with zero attached hydrogens (tertiary/aromatic N) is 1. The Kier molecular flexibility index (Phi) is 0.387. The molecular weight excluding hydrogens is 110 g/mol. The molecule has 1 nitrogen and oxygen atoms in total. The summed E-state index contributed by atoms with van der Waals surface area (Å²) in [6.07, 6.45) is 3.18. The maximum absolute atomic E-state index is 2.77. The molecule has 6 atom stereocenters. The first-order valence-corrected chi connectivity index (χ1v) is 4.21. The molecule has 9 heavy (non-hydrogen) atoms. The van der Waals surface area contributed by atoms with E-state index in [4.69, 9.17) is 0 Å². The van der Waals surface area contributed by atoms with Crippen molar-refractivity contribution in [3.05, 3.63) is 0 Å². The molecule has 2 saturated carbocycles. The van der Waals surface area contributed by atoms with Crippen molar-refractivity contribution in [1.82, 2.24) is 4.90 Å². The van der Waals surface area contributed by atoms with Crippen LogP contribution in [0.2, 0.25) is 0 Å². The van der Waals surface area contributed by atoms with Crippen molar-refractivity contribution in [1.29, 1.82) is 0 Å². The monoisotopic (exact) mass is 121 g/mol. The molecule has 1 unspecified atom stereocenters. The third-order valence-corrected chi connectivity index (χ3v) is 4.32. The van der Waals surface area contributed by atoms with Crippen molar-refractivity contribution in [2.75, 3.05) is 6.54 Å². The van der Waals surface area contributed by atoms with E-state index in [2.05, 4.69) is 4.90 Å².